The van der Waals surface area contributed by atoms with Crippen molar-refractivity contribution >= 4 is 34.6 Å². The zero-order valence-corrected chi connectivity index (χ0v) is 10.00. The fourth-order valence-corrected chi connectivity index (χ4v) is 1.55. The molecule has 0 saturated heterocycles. The quantitative estimate of drug-likeness (QED) is 0.903. The zero-order chi connectivity index (χ0) is 12.3. The van der Waals surface area contributed by atoms with Gasteiger partial charge in [0.05, 0.1) is 17.3 Å². The molecule has 0 aliphatic rings. The van der Waals surface area contributed by atoms with Gasteiger partial charge in [-0.1, -0.05) is 29.3 Å². The molecule has 4 nitrogen and oxygen atoms in total. The maximum atomic E-state index is 8.78. The Balaban J connectivity index is 2.31. The van der Waals surface area contributed by atoms with Crippen LogP contribution in [-0.4, -0.2) is 10.2 Å². The van der Waals surface area contributed by atoms with Crippen LogP contribution in [0.5, 0.6) is 0 Å². The number of aromatic nitrogens is 2. The summed E-state index contributed by atoms with van der Waals surface area (Å²) in [6.07, 6.45) is 0. The van der Waals surface area contributed by atoms with Gasteiger partial charge in [-0.2, -0.15) is 5.26 Å². The highest BCUT2D eigenvalue weighted by Gasteiger charge is 2.04. The molecule has 0 atom stereocenters. The van der Waals surface area contributed by atoms with E-state index in [1.54, 1.807) is 24.3 Å². The maximum absolute atomic E-state index is 8.78. The molecule has 0 spiro atoms. The molecule has 6 heteroatoms. The minimum atomic E-state index is 0.219. The molecular formula is C11H6Cl2N4. The van der Waals surface area contributed by atoms with Crippen molar-refractivity contribution in [2.75, 3.05) is 5.32 Å². The van der Waals surface area contributed by atoms with Crippen molar-refractivity contribution < 1.29 is 0 Å². The predicted octanol–water partition coefficient (Wildman–Crippen LogP) is 3.40. The molecule has 17 heavy (non-hydrogen) atoms. The van der Waals surface area contributed by atoms with E-state index >= 15 is 0 Å². The third-order valence-corrected chi connectivity index (χ3v) is 2.45. The lowest BCUT2D eigenvalue weighted by atomic mass is 10.2. The number of benzene rings is 1. The smallest absolute Gasteiger partial charge is 0.175 e. The van der Waals surface area contributed by atoms with E-state index in [1.807, 2.05) is 6.07 Å². The Kier molecular flexibility index (Phi) is 3.43. The normalized spacial score (nSPS) is 9.71. The molecule has 0 unspecified atom stereocenters. The molecule has 0 amide bonds. The van der Waals surface area contributed by atoms with Gasteiger partial charge < -0.3 is 5.32 Å². The molecule has 2 aromatic rings. The van der Waals surface area contributed by atoms with Gasteiger partial charge in [-0.25, -0.2) is 0 Å². The molecule has 0 fully saturated rings. The molecule has 1 aromatic heterocycles. The molecule has 84 valence electrons. The lowest BCUT2D eigenvalue weighted by molar-refractivity contribution is 1.03. The van der Waals surface area contributed by atoms with E-state index in [4.69, 9.17) is 28.5 Å². The highest BCUT2D eigenvalue weighted by Crippen LogP contribution is 2.25. The van der Waals surface area contributed by atoms with Crippen molar-refractivity contribution in [3.8, 4) is 6.07 Å². The number of nitrogens with zero attached hydrogens (tertiary/aromatic N) is 3. The van der Waals surface area contributed by atoms with Crippen LogP contribution in [0.3, 0.4) is 0 Å². The van der Waals surface area contributed by atoms with Crippen molar-refractivity contribution in [1.29, 1.82) is 5.26 Å². The van der Waals surface area contributed by atoms with Crippen molar-refractivity contribution in [3.05, 3.63) is 46.2 Å². The van der Waals surface area contributed by atoms with Gasteiger partial charge in [0, 0.05) is 11.8 Å². The summed E-state index contributed by atoms with van der Waals surface area (Å²) < 4.78 is 0. The maximum Gasteiger partial charge on any atom is 0.175 e. The summed E-state index contributed by atoms with van der Waals surface area (Å²) in [5.74, 6) is 0. The van der Waals surface area contributed by atoms with Crippen LogP contribution in [0.2, 0.25) is 10.3 Å². The van der Waals surface area contributed by atoms with Crippen molar-refractivity contribution in [2.24, 2.45) is 0 Å². The largest absolute Gasteiger partial charge is 0.353 e. The number of hydrogen-bond donors (Lipinski definition) is 1. The standard InChI is InChI=1S/C11H6Cl2N4/c12-10-5-9(11(13)17-16-10)15-8-3-1-2-7(4-8)6-14/h1-5H,(H,15,16). The summed E-state index contributed by atoms with van der Waals surface area (Å²) in [7, 11) is 0. The Morgan fingerprint density at radius 3 is 2.76 bits per heavy atom. The van der Waals surface area contributed by atoms with Crippen molar-refractivity contribution in [1.82, 2.24) is 10.2 Å². The van der Waals surface area contributed by atoms with E-state index in [2.05, 4.69) is 21.6 Å². The zero-order valence-electron chi connectivity index (χ0n) is 8.48. The van der Waals surface area contributed by atoms with Gasteiger partial charge >= 0.3 is 0 Å². The first kappa shape index (κ1) is 11.6. The molecule has 2 rings (SSSR count). The number of nitrogens with one attached hydrogen (secondary N) is 1. The van der Waals surface area contributed by atoms with Crippen molar-refractivity contribution in [2.45, 2.75) is 0 Å². The van der Waals surface area contributed by atoms with E-state index in [1.165, 1.54) is 0 Å². The Morgan fingerprint density at radius 2 is 2.00 bits per heavy atom. The molecule has 0 radical (unpaired) electrons. The van der Waals surface area contributed by atoms with E-state index in [-0.39, 0.29) is 10.3 Å². The van der Waals surface area contributed by atoms with Crippen molar-refractivity contribution in [3.63, 3.8) is 0 Å². The van der Waals surface area contributed by atoms with Gasteiger partial charge in [0.25, 0.3) is 0 Å². The van der Waals surface area contributed by atoms with E-state index in [0.717, 1.165) is 5.69 Å². The SMILES string of the molecule is N#Cc1cccc(Nc2cc(Cl)nnc2Cl)c1. The molecule has 0 bridgehead atoms. The Morgan fingerprint density at radius 1 is 1.18 bits per heavy atom. The van der Waals surface area contributed by atoms with Gasteiger partial charge in [-0.3, -0.25) is 0 Å². The first-order chi connectivity index (χ1) is 8.19. The highest BCUT2D eigenvalue weighted by atomic mass is 35.5. The molecule has 0 saturated carbocycles. The van der Waals surface area contributed by atoms with Crippen LogP contribution < -0.4 is 5.32 Å². The monoisotopic (exact) mass is 264 g/mol. The third-order valence-electron chi connectivity index (χ3n) is 1.99. The first-order valence-corrected chi connectivity index (χ1v) is 5.40. The summed E-state index contributed by atoms with van der Waals surface area (Å²) in [5.41, 5.74) is 1.83. The van der Waals surface area contributed by atoms with Crippen LogP contribution >= 0.6 is 23.2 Å². The lowest BCUT2D eigenvalue weighted by Gasteiger charge is -2.07. The lowest BCUT2D eigenvalue weighted by Crippen LogP contribution is -1.95. The number of nitriles is 1. The summed E-state index contributed by atoms with van der Waals surface area (Å²) in [5, 5.41) is 19.5. The van der Waals surface area contributed by atoms with Crippen LogP contribution in [0, 0.1) is 11.3 Å². The Labute approximate surface area is 108 Å². The summed E-state index contributed by atoms with van der Waals surface area (Å²) in [6.45, 7) is 0. The molecule has 0 aliphatic heterocycles. The van der Waals surface area contributed by atoms with Gasteiger partial charge in [-0.05, 0) is 18.2 Å². The average Bonchev–Trinajstić information content (AvgIpc) is 2.34. The topological polar surface area (TPSA) is 61.6 Å². The van der Waals surface area contributed by atoms with Gasteiger partial charge in [0.2, 0.25) is 0 Å². The molecule has 0 aliphatic carbocycles. The van der Waals surface area contributed by atoms with Gasteiger partial charge in [-0.15, -0.1) is 10.2 Å². The second-order valence-corrected chi connectivity index (χ2v) is 3.93. The van der Waals surface area contributed by atoms with Gasteiger partial charge in [0.15, 0.2) is 10.3 Å². The van der Waals surface area contributed by atoms with Crippen LogP contribution in [0.25, 0.3) is 0 Å². The highest BCUT2D eigenvalue weighted by molar-refractivity contribution is 6.33. The van der Waals surface area contributed by atoms with Crippen LogP contribution in [0.15, 0.2) is 30.3 Å². The Hall–Kier alpha value is -1.83. The summed E-state index contributed by atoms with van der Waals surface area (Å²) in [4.78, 5) is 0. The minimum absolute atomic E-state index is 0.219. The van der Waals surface area contributed by atoms with Crippen LogP contribution in [0.1, 0.15) is 5.56 Å². The molecule has 1 aromatic carbocycles. The fourth-order valence-electron chi connectivity index (χ4n) is 1.26. The minimum Gasteiger partial charge on any atom is -0.353 e. The van der Waals surface area contributed by atoms with Gasteiger partial charge in [0.1, 0.15) is 0 Å². The summed E-state index contributed by atoms with van der Waals surface area (Å²) in [6, 6.07) is 10.6. The van der Waals surface area contributed by atoms with E-state index in [0.29, 0.717) is 11.3 Å². The summed E-state index contributed by atoms with van der Waals surface area (Å²) >= 11 is 11.6. The second kappa shape index (κ2) is 5.00. The molecule has 1 N–H and O–H groups in total. The average molecular weight is 265 g/mol. The predicted molar refractivity (Wildman–Crippen MR) is 66.5 cm³/mol. The number of halogens is 2. The van der Waals surface area contributed by atoms with E-state index in [9.17, 15) is 0 Å². The second-order valence-electron chi connectivity index (χ2n) is 3.19. The van der Waals surface area contributed by atoms with E-state index < -0.39 is 0 Å². The third kappa shape index (κ3) is 2.84. The fraction of sp³-hybridized carbons (Fsp3) is 0. The number of hydrogen-bond acceptors (Lipinski definition) is 4. The molecule has 1 heterocycles. The van der Waals surface area contributed by atoms with Crippen LogP contribution in [0.4, 0.5) is 11.4 Å². The van der Waals surface area contributed by atoms with Crippen LogP contribution in [-0.2, 0) is 0 Å². The number of rotatable bonds is 2. The number of anilines is 2. The molecular weight excluding hydrogens is 259 g/mol. The Bertz CT molecular complexity index is 592. The first-order valence-electron chi connectivity index (χ1n) is 4.65.